The first-order valence-electron chi connectivity index (χ1n) is 10.8. The monoisotopic (exact) mass is 414 g/mol. The average Bonchev–Trinajstić information content (AvgIpc) is 3.16. The van der Waals surface area contributed by atoms with E-state index in [0.717, 1.165) is 59.7 Å². The van der Waals surface area contributed by atoms with Crippen molar-refractivity contribution in [2.45, 2.75) is 59.5 Å². The van der Waals surface area contributed by atoms with Crippen molar-refractivity contribution in [2.24, 2.45) is 0 Å². The van der Waals surface area contributed by atoms with Gasteiger partial charge < -0.3 is 15.2 Å². The molecule has 1 aromatic heterocycles. The van der Waals surface area contributed by atoms with Crippen molar-refractivity contribution in [1.29, 1.82) is 0 Å². The first-order valence-corrected chi connectivity index (χ1v) is 11.2. The summed E-state index contributed by atoms with van der Waals surface area (Å²) in [5, 5.41) is 5.18. The van der Waals surface area contributed by atoms with Gasteiger partial charge in [-0.05, 0) is 81.0 Å². The number of rotatable bonds is 7. The van der Waals surface area contributed by atoms with Gasteiger partial charge in [0.25, 0.3) is 5.56 Å². The molecule has 0 spiro atoms. The maximum Gasteiger partial charge on any atom is 0.253 e. The fourth-order valence-electron chi connectivity index (χ4n) is 4.23. The topological polar surface area (TPSA) is 51.4 Å². The molecule has 0 saturated carbocycles. The predicted molar refractivity (Wildman–Crippen MR) is 126 cm³/mol. The molecule has 2 heterocycles. The van der Waals surface area contributed by atoms with Crippen LogP contribution in [0.25, 0.3) is 10.9 Å². The highest BCUT2D eigenvalue weighted by molar-refractivity contribution is 7.80. The number of aromatic nitrogens is 1. The van der Waals surface area contributed by atoms with Crippen LogP contribution in [0.3, 0.4) is 0 Å². The predicted octanol–water partition coefficient (Wildman–Crippen LogP) is 3.72. The van der Waals surface area contributed by atoms with Crippen molar-refractivity contribution in [3.63, 3.8) is 0 Å². The summed E-state index contributed by atoms with van der Waals surface area (Å²) in [7, 11) is 0. The molecule has 0 unspecified atom stereocenters. The Morgan fingerprint density at radius 2 is 2.14 bits per heavy atom. The summed E-state index contributed by atoms with van der Waals surface area (Å²) < 4.78 is 0. The van der Waals surface area contributed by atoms with Crippen LogP contribution in [0, 0.1) is 13.8 Å². The quantitative estimate of drug-likeness (QED) is 0.677. The Bertz CT molecular complexity index is 923. The van der Waals surface area contributed by atoms with Crippen LogP contribution >= 0.6 is 12.2 Å². The van der Waals surface area contributed by atoms with E-state index < -0.39 is 0 Å². The number of nitrogens with zero attached hydrogens (tertiary/aromatic N) is 2. The zero-order valence-corrected chi connectivity index (χ0v) is 19.0. The minimum atomic E-state index is -0.0201. The van der Waals surface area contributed by atoms with Crippen molar-refractivity contribution in [1.82, 2.24) is 20.1 Å². The Kier molecular flexibility index (Phi) is 7.30. The number of aryl methyl sites for hydroxylation is 2. The Morgan fingerprint density at radius 1 is 1.34 bits per heavy atom. The standard InChI is InChI=1S/C23H34N4OS/c1-5-11-24-23(29)27(15-20-8-7-12-26(20)6-2)14-19-13-18-10-9-16(3)17(4)21(18)25-22(19)28/h9-10,13,20H,5-8,11-12,14-15H2,1-4H3,(H,24,29)(H,25,28)/t20-/m1/s1. The number of nitrogens with one attached hydrogen (secondary N) is 2. The molecule has 2 N–H and O–H groups in total. The average molecular weight is 415 g/mol. The van der Waals surface area contributed by atoms with E-state index in [4.69, 9.17) is 12.2 Å². The number of thiocarbonyl (C=S) groups is 1. The maximum absolute atomic E-state index is 12.9. The van der Waals surface area contributed by atoms with Crippen LogP contribution in [-0.2, 0) is 6.54 Å². The number of likely N-dealkylation sites (tertiary alicyclic amines) is 1. The third-order valence-corrected chi connectivity index (χ3v) is 6.54. The molecule has 1 aliphatic heterocycles. The fourth-order valence-corrected chi connectivity index (χ4v) is 4.47. The van der Waals surface area contributed by atoms with Gasteiger partial charge >= 0.3 is 0 Å². The summed E-state index contributed by atoms with van der Waals surface area (Å²) >= 11 is 5.71. The lowest BCUT2D eigenvalue weighted by atomic mass is 10.0. The highest BCUT2D eigenvalue weighted by Crippen LogP contribution is 2.21. The van der Waals surface area contributed by atoms with Gasteiger partial charge in [0, 0.05) is 24.7 Å². The second kappa shape index (κ2) is 9.72. The highest BCUT2D eigenvalue weighted by atomic mass is 32.1. The van der Waals surface area contributed by atoms with E-state index in [9.17, 15) is 4.79 Å². The molecular weight excluding hydrogens is 380 g/mol. The summed E-state index contributed by atoms with van der Waals surface area (Å²) in [4.78, 5) is 20.7. The van der Waals surface area contributed by atoms with E-state index in [0.29, 0.717) is 12.6 Å². The van der Waals surface area contributed by atoms with Crippen LogP contribution in [-0.4, -0.2) is 52.1 Å². The molecule has 6 heteroatoms. The fraction of sp³-hybridized carbons (Fsp3) is 0.565. The van der Waals surface area contributed by atoms with Crippen molar-refractivity contribution in [3.05, 3.63) is 45.2 Å². The van der Waals surface area contributed by atoms with Crippen LogP contribution < -0.4 is 10.9 Å². The molecule has 1 aliphatic rings. The molecule has 158 valence electrons. The normalized spacial score (nSPS) is 17.0. The number of aromatic amines is 1. The lowest BCUT2D eigenvalue weighted by Gasteiger charge is -2.32. The molecule has 29 heavy (non-hydrogen) atoms. The molecule has 1 atom stereocenters. The number of fused-ring (bicyclic) bond motifs is 1. The summed E-state index contributed by atoms with van der Waals surface area (Å²) in [6.07, 6.45) is 3.44. The van der Waals surface area contributed by atoms with Gasteiger partial charge in [-0.1, -0.05) is 26.0 Å². The van der Waals surface area contributed by atoms with Gasteiger partial charge in [-0.15, -0.1) is 0 Å². The Balaban J connectivity index is 1.88. The third kappa shape index (κ3) is 4.98. The number of hydrogen-bond donors (Lipinski definition) is 2. The van der Waals surface area contributed by atoms with Gasteiger partial charge in [0.1, 0.15) is 0 Å². The second-order valence-corrected chi connectivity index (χ2v) is 8.52. The summed E-state index contributed by atoms with van der Waals surface area (Å²) in [6.45, 7) is 12.9. The zero-order chi connectivity index (χ0) is 21.0. The van der Waals surface area contributed by atoms with Gasteiger partial charge in [-0.2, -0.15) is 0 Å². The Labute approximate surface area is 179 Å². The lowest BCUT2D eigenvalue weighted by molar-refractivity contribution is 0.219. The molecule has 1 aromatic carbocycles. The molecule has 1 saturated heterocycles. The molecular formula is C23H34N4OS. The summed E-state index contributed by atoms with van der Waals surface area (Å²) in [5.74, 6) is 0. The highest BCUT2D eigenvalue weighted by Gasteiger charge is 2.26. The summed E-state index contributed by atoms with van der Waals surface area (Å²) in [5.41, 5.74) is 4.00. The van der Waals surface area contributed by atoms with E-state index >= 15 is 0 Å². The molecule has 0 aliphatic carbocycles. The van der Waals surface area contributed by atoms with E-state index in [-0.39, 0.29) is 5.56 Å². The van der Waals surface area contributed by atoms with Crippen molar-refractivity contribution in [2.75, 3.05) is 26.2 Å². The van der Waals surface area contributed by atoms with Crippen LogP contribution in [0.15, 0.2) is 23.0 Å². The van der Waals surface area contributed by atoms with Crippen molar-refractivity contribution >= 4 is 28.2 Å². The molecule has 1 fully saturated rings. The van der Waals surface area contributed by atoms with Gasteiger partial charge in [0.15, 0.2) is 5.11 Å². The van der Waals surface area contributed by atoms with Crippen molar-refractivity contribution in [3.8, 4) is 0 Å². The molecule has 5 nitrogen and oxygen atoms in total. The van der Waals surface area contributed by atoms with Crippen LogP contribution in [0.4, 0.5) is 0 Å². The number of likely N-dealkylation sites (N-methyl/N-ethyl adjacent to an activating group) is 1. The van der Waals surface area contributed by atoms with Gasteiger partial charge in [-0.3, -0.25) is 9.69 Å². The van der Waals surface area contributed by atoms with E-state index in [2.05, 4.69) is 59.9 Å². The first kappa shape index (κ1) is 21.8. The number of H-pyrrole nitrogens is 1. The van der Waals surface area contributed by atoms with Crippen LogP contribution in [0.2, 0.25) is 0 Å². The molecule has 0 bridgehead atoms. The number of benzene rings is 1. The van der Waals surface area contributed by atoms with Crippen molar-refractivity contribution < 1.29 is 0 Å². The SMILES string of the molecule is CCCNC(=S)N(Cc1cc2ccc(C)c(C)c2[nH]c1=O)C[C@H]1CCCN1CC. The Hall–Kier alpha value is -1.92. The van der Waals surface area contributed by atoms with E-state index in [1.807, 2.05) is 6.07 Å². The third-order valence-electron chi connectivity index (χ3n) is 6.14. The van der Waals surface area contributed by atoms with Crippen LogP contribution in [0.1, 0.15) is 49.8 Å². The smallest absolute Gasteiger partial charge is 0.253 e. The van der Waals surface area contributed by atoms with Gasteiger partial charge in [0.05, 0.1) is 12.1 Å². The maximum atomic E-state index is 12.9. The number of pyridine rings is 1. The molecule has 2 aromatic rings. The first-order chi connectivity index (χ1) is 13.9. The molecule has 3 rings (SSSR count). The molecule has 0 radical (unpaired) electrons. The largest absolute Gasteiger partial charge is 0.363 e. The lowest BCUT2D eigenvalue weighted by Crippen LogP contribution is -2.47. The summed E-state index contributed by atoms with van der Waals surface area (Å²) in [6, 6.07) is 6.72. The number of hydrogen-bond acceptors (Lipinski definition) is 3. The Morgan fingerprint density at radius 3 is 2.86 bits per heavy atom. The second-order valence-electron chi connectivity index (χ2n) is 8.13. The molecule has 0 amide bonds. The zero-order valence-electron chi connectivity index (χ0n) is 18.2. The van der Waals surface area contributed by atoms with E-state index in [1.165, 1.54) is 18.4 Å². The van der Waals surface area contributed by atoms with E-state index in [1.54, 1.807) is 0 Å². The minimum Gasteiger partial charge on any atom is -0.363 e. The van der Waals surface area contributed by atoms with Gasteiger partial charge in [-0.25, -0.2) is 0 Å². The van der Waals surface area contributed by atoms with Crippen LogP contribution in [0.5, 0.6) is 0 Å². The minimum absolute atomic E-state index is 0.0201. The van der Waals surface area contributed by atoms with Gasteiger partial charge in [0.2, 0.25) is 0 Å².